The van der Waals surface area contributed by atoms with Gasteiger partial charge in [0.2, 0.25) is 0 Å². The van der Waals surface area contributed by atoms with Crippen LogP contribution in [0.3, 0.4) is 0 Å². The fourth-order valence-corrected chi connectivity index (χ4v) is 8.16. The number of quaternary nitrogens is 1. The number of hydrogen-bond acceptors (Lipinski definition) is 8. The third-order valence-corrected chi connectivity index (χ3v) is 12.8. The van der Waals surface area contributed by atoms with E-state index in [1.807, 2.05) is 21.1 Å². The van der Waals surface area contributed by atoms with Crippen LogP contribution in [0.4, 0.5) is 0 Å². The lowest BCUT2D eigenvalue weighted by Crippen LogP contribution is -2.44. The molecular weight excluding hydrogens is 935 g/mol. The van der Waals surface area contributed by atoms with Crippen LogP contribution in [0, 0.1) is 0 Å². The van der Waals surface area contributed by atoms with E-state index in [2.05, 4.69) is 111 Å². The van der Waals surface area contributed by atoms with Gasteiger partial charge >= 0.3 is 11.9 Å². The highest BCUT2D eigenvalue weighted by molar-refractivity contribution is 5.70. The Morgan fingerprint density at radius 2 is 0.760 bits per heavy atom. The summed E-state index contributed by atoms with van der Waals surface area (Å²) in [6.45, 7) is 4.62. The maximum Gasteiger partial charge on any atom is 0.306 e. The molecule has 75 heavy (non-hydrogen) atoms. The lowest BCUT2D eigenvalue weighted by molar-refractivity contribution is -0.870. The van der Waals surface area contributed by atoms with Gasteiger partial charge in [0.05, 0.1) is 40.3 Å². The number of carbonyl (C=O) groups is 3. The molecule has 430 valence electrons. The first-order chi connectivity index (χ1) is 36.6. The molecule has 9 nitrogen and oxygen atoms in total. The number of carbonyl (C=O) groups excluding carboxylic acids is 3. The highest BCUT2D eigenvalue weighted by atomic mass is 16.7. The van der Waals surface area contributed by atoms with E-state index in [9.17, 15) is 19.5 Å². The topological polar surface area (TPSA) is 111 Å². The second-order valence-corrected chi connectivity index (χ2v) is 21.3. The van der Waals surface area contributed by atoms with Crippen LogP contribution in [0.5, 0.6) is 0 Å². The van der Waals surface area contributed by atoms with E-state index in [4.69, 9.17) is 18.9 Å². The van der Waals surface area contributed by atoms with Gasteiger partial charge in [-0.3, -0.25) is 9.59 Å². The Morgan fingerprint density at radius 1 is 0.413 bits per heavy atom. The van der Waals surface area contributed by atoms with Crippen molar-refractivity contribution in [2.45, 2.75) is 257 Å². The van der Waals surface area contributed by atoms with Crippen molar-refractivity contribution in [2.75, 3.05) is 47.5 Å². The van der Waals surface area contributed by atoms with Gasteiger partial charge < -0.3 is 33.3 Å². The number of ether oxygens (including phenoxy) is 4. The van der Waals surface area contributed by atoms with Crippen molar-refractivity contribution >= 4 is 17.9 Å². The number of esters is 2. The van der Waals surface area contributed by atoms with Crippen LogP contribution in [0.2, 0.25) is 0 Å². The van der Waals surface area contributed by atoms with Crippen LogP contribution < -0.4 is 5.11 Å². The highest BCUT2D eigenvalue weighted by Crippen LogP contribution is 2.15. The van der Waals surface area contributed by atoms with E-state index in [1.165, 1.54) is 116 Å². The van der Waals surface area contributed by atoms with Gasteiger partial charge in [0.25, 0.3) is 0 Å². The zero-order chi connectivity index (χ0) is 54.8. The Morgan fingerprint density at radius 3 is 1.15 bits per heavy atom. The van der Waals surface area contributed by atoms with E-state index in [-0.39, 0.29) is 38.6 Å². The van der Waals surface area contributed by atoms with Crippen LogP contribution in [-0.4, -0.2) is 82.3 Å². The van der Waals surface area contributed by atoms with Gasteiger partial charge in [-0.05, 0) is 96.3 Å². The quantitative estimate of drug-likeness (QED) is 0.0195. The molecule has 0 amide bonds. The molecule has 0 saturated heterocycles. The van der Waals surface area contributed by atoms with Crippen LogP contribution in [0.15, 0.2) is 97.2 Å². The minimum Gasteiger partial charge on any atom is -0.545 e. The van der Waals surface area contributed by atoms with Gasteiger partial charge in [-0.25, -0.2) is 0 Å². The minimum absolute atomic E-state index is 0.139. The normalized spacial score (nSPS) is 13.5. The maximum absolute atomic E-state index is 12.9. The van der Waals surface area contributed by atoms with Crippen LogP contribution in [0.1, 0.15) is 245 Å². The van der Waals surface area contributed by atoms with Crippen LogP contribution in [0.25, 0.3) is 0 Å². The van der Waals surface area contributed by atoms with Crippen molar-refractivity contribution in [1.82, 2.24) is 0 Å². The Labute approximate surface area is 461 Å². The zero-order valence-electron chi connectivity index (χ0n) is 48.9. The first kappa shape index (κ1) is 71.2. The van der Waals surface area contributed by atoms with Gasteiger partial charge in [0, 0.05) is 12.8 Å². The van der Waals surface area contributed by atoms with Crippen LogP contribution in [-0.2, 0) is 33.3 Å². The molecule has 0 aromatic rings. The Balaban J connectivity index is 4.30. The lowest BCUT2D eigenvalue weighted by atomic mass is 10.0. The summed E-state index contributed by atoms with van der Waals surface area (Å²) in [4.78, 5) is 37.3. The fourth-order valence-electron chi connectivity index (χ4n) is 8.16. The fraction of sp³-hybridized carbons (Fsp3) is 0.712. The summed E-state index contributed by atoms with van der Waals surface area (Å²) in [5.41, 5.74) is 0. The molecule has 0 spiro atoms. The minimum atomic E-state index is -1.63. The summed E-state index contributed by atoms with van der Waals surface area (Å²) in [5.74, 6) is -2.31. The highest BCUT2D eigenvalue weighted by Gasteiger charge is 2.22. The molecule has 0 rings (SSSR count). The molecule has 0 aromatic heterocycles. The predicted molar refractivity (Wildman–Crippen MR) is 315 cm³/mol. The summed E-state index contributed by atoms with van der Waals surface area (Å²) in [6, 6.07) is 0. The van der Waals surface area contributed by atoms with E-state index in [1.54, 1.807) is 0 Å². The lowest BCUT2D eigenvalue weighted by Gasteiger charge is -2.26. The smallest absolute Gasteiger partial charge is 0.306 e. The van der Waals surface area contributed by atoms with E-state index in [0.717, 1.165) is 96.3 Å². The molecular formula is C66H113NO8. The molecule has 2 atom stereocenters. The molecule has 0 aliphatic heterocycles. The average molecular weight is 1050 g/mol. The summed E-state index contributed by atoms with van der Waals surface area (Å²) >= 11 is 0. The summed E-state index contributed by atoms with van der Waals surface area (Å²) in [7, 11) is 5.91. The van der Waals surface area contributed by atoms with Gasteiger partial charge in [0.1, 0.15) is 13.2 Å². The number of carboxylic acid groups (broad SMARTS) is 1. The van der Waals surface area contributed by atoms with Gasteiger partial charge in [-0.1, -0.05) is 233 Å². The van der Waals surface area contributed by atoms with E-state index >= 15 is 0 Å². The van der Waals surface area contributed by atoms with Crippen LogP contribution >= 0.6 is 0 Å². The molecule has 0 heterocycles. The van der Waals surface area contributed by atoms with Gasteiger partial charge in [0.15, 0.2) is 12.4 Å². The van der Waals surface area contributed by atoms with Gasteiger partial charge in [-0.2, -0.15) is 0 Å². The Hall–Kier alpha value is -3.79. The molecule has 0 radical (unpaired) electrons. The van der Waals surface area contributed by atoms with E-state index < -0.39 is 24.3 Å². The first-order valence-electron chi connectivity index (χ1n) is 30.4. The Kier molecular flexibility index (Phi) is 53.6. The van der Waals surface area contributed by atoms with Crippen molar-refractivity contribution in [3.8, 4) is 0 Å². The van der Waals surface area contributed by atoms with E-state index in [0.29, 0.717) is 17.4 Å². The number of rotatable bonds is 55. The number of likely N-dealkylation sites (N-methyl/N-ethyl adjacent to an activating group) is 1. The molecule has 0 saturated carbocycles. The summed E-state index contributed by atoms with van der Waals surface area (Å²) < 4.78 is 22.7. The monoisotopic (exact) mass is 1050 g/mol. The second-order valence-electron chi connectivity index (χ2n) is 21.3. The molecule has 0 aliphatic rings. The molecule has 0 fully saturated rings. The number of allylic oxidation sites excluding steroid dienone is 16. The number of carboxylic acids is 1. The molecule has 0 N–H and O–H groups in total. The first-order valence-corrected chi connectivity index (χ1v) is 30.4. The van der Waals surface area contributed by atoms with Gasteiger partial charge in [-0.15, -0.1) is 0 Å². The molecule has 0 aliphatic carbocycles. The number of nitrogens with zero attached hydrogens (tertiary/aromatic N) is 1. The van der Waals surface area contributed by atoms with Crippen molar-refractivity contribution in [3.05, 3.63) is 97.2 Å². The largest absolute Gasteiger partial charge is 0.545 e. The number of hydrogen-bond donors (Lipinski definition) is 0. The number of aliphatic carboxylic acids is 1. The SMILES string of the molecule is CC/C=C\C/C=C\C/C=C\C/C=C\C/C=C\C/C=C\C/C=C\CCCCCCCC(=O)OC(COC(=O)CCCCCCCCCCCCC/C=C\CCCCCCCCCC)COC(OCC[N+](C)(C)C)C(=O)[O-]. The molecule has 9 heteroatoms. The average Bonchev–Trinajstić information content (AvgIpc) is 3.38. The third kappa shape index (κ3) is 57.7. The molecule has 0 bridgehead atoms. The third-order valence-electron chi connectivity index (χ3n) is 12.8. The Bertz CT molecular complexity index is 1550. The summed E-state index contributed by atoms with van der Waals surface area (Å²) in [5, 5.41) is 11.8. The second kappa shape index (κ2) is 56.4. The summed E-state index contributed by atoms with van der Waals surface area (Å²) in [6.07, 6.45) is 73.1. The standard InChI is InChI=1S/C66H113NO8/c1-6-8-10-12-14-16-18-20-22-24-26-28-30-31-32-33-35-37-39-41-43-45-47-49-51-53-55-57-64(69)75-62(61-74-66(65(70)71)72-59-58-67(3,4)5)60-73-63(68)56-54-52-50-48-46-44-42-40-38-36-34-29-27-25-23-21-19-17-15-13-11-9-7-2/h8,10,14,16,20,22,25-28,31-32,35,37,41,43,62,66H,6-7,9,11-13,15,17-19,21,23-24,29-30,33-34,36,38-40,42,44-61H2,1-5H3/b10-8-,16-14-,22-20-,27-25-,28-26-,32-31-,37-35-,43-41-. The van der Waals surface area contributed by atoms with Crippen molar-refractivity contribution in [3.63, 3.8) is 0 Å². The number of unbranched alkanes of at least 4 members (excludes halogenated alkanes) is 24. The maximum atomic E-state index is 12.9. The van der Waals surface area contributed by atoms with Crippen molar-refractivity contribution in [1.29, 1.82) is 0 Å². The van der Waals surface area contributed by atoms with Crippen molar-refractivity contribution < 1.29 is 42.9 Å². The predicted octanol–water partition coefficient (Wildman–Crippen LogP) is 16.8. The van der Waals surface area contributed by atoms with Crippen molar-refractivity contribution in [2.24, 2.45) is 0 Å². The molecule has 0 aromatic carbocycles. The molecule has 2 unspecified atom stereocenters. The zero-order valence-corrected chi connectivity index (χ0v) is 48.9.